The summed E-state index contributed by atoms with van der Waals surface area (Å²) in [5.74, 6) is -0.525. The van der Waals surface area contributed by atoms with E-state index in [9.17, 15) is 14.0 Å². The van der Waals surface area contributed by atoms with Gasteiger partial charge >= 0.3 is 5.97 Å². The maximum absolute atomic E-state index is 15.0. The van der Waals surface area contributed by atoms with Crippen LogP contribution in [0.1, 0.15) is 54.4 Å². The predicted octanol–water partition coefficient (Wildman–Crippen LogP) is 2.44. The van der Waals surface area contributed by atoms with Crippen LogP contribution in [-0.2, 0) is 14.3 Å². The summed E-state index contributed by atoms with van der Waals surface area (Å²) in [6.45, 7) is 4.12. The molecule has 1 N–H and O–H groups in total. The van der Waals surface area contributed by atoms with E-state index in [1.54, 1.807) is 13.0 Å². The van der Waals surface area contributed by atoms with Gasteiger partial charge < -0.3 is 19.5 Å². The summed E-state index contributed by atoms with van der Waals surface area (Å²) in [6, 6.07) is 2.04. The first kappa shape index (κ1) is 21.1. The lowest BCUT2D eigenvalue weighted by molar-refractivity contribution is -0.145. The minimum Gasteiger partial charge on any atom is -0.493 e. The Labute approximate surface area is 175 Å². The van der Waals surface area contributed by atoms with Gasteiger partial charge in [0.1, 0.15) is 18.3 Å². The van der Waals surface area contributed by atoms with Gasteiger partial charge in [-0.15, -0.1) is 0 Å². The first-order valence-corrected chi connectivity index (χ1v) is 10.7. The van der Waals surface area contributed by atoms with Crippen LogP contribution in [0.2, 0.25) is 0 Å². The molecule has 0 bridgehead atoms. The number of halogens is 1. The Balaban J connectivity index is 1.55. The molecule has 7 nitrogen and oxygen atoms in total. The third-order valence-corrected chi connectivity index (χ3v) is 6.24. The molecule has 1 aliphatic carbocycles. The van der Waals surface area contributed by atoms with E-state index in [4.69, 9.17) is 14.2 Å². The summed E-state index contributed by atoms with van der Waals surface area (Å²) in [5.41, 5.74) is 0.814. The number of hydrogen-bond acceptors (Lipinski definition) is 6. The van der Waals surface area contributed by atoms with E-state index in [1.807, 2.05) is 0 Å². The molecule has 0 aromatic heterocycles. The number of piperidine rings is 1. The Morgan fingerprint density at radius 3 is 2.63 bits per heavy atom. The monoisotopic (exact) mass is 420 g/mol. The number of nitrogens with one attached hydrogen (secondary N) is 1. The first-order chi connectivity index (χ1) is 14.5. The second-order valence-corrected chi connectivity index (χ2v) is 8.39. The number of carbonyl (C=O) groups is 2. The van der Waals surface area contributed by atoms with Gasteiger partial charge in [-0.25, -0.2) is 9.18 Å². The van der Waals surface area contributed by atoms with Gasteiger partial charge in [-0.2, -0.15) is 0 Å². The fourth-order valence-electron chi connectivity index (χ4n) is 4.23. The van der Waals surface area contributed by atoms with Gasteiger partial charge in [0.05, 0.1) is 25.4 Å². The minimum atomic E-state index is -0.887. The lowest BCUT2D eigenvalue weighted by Crippen LogP contribution is -2.45. The Morgan fingerprint density at radius 1 is 1.23 bits per heavy atom. The molecule has 0 unspecified atom stereocenters. The molecule has 0 radical (unpaired) electrons. The number of methoxy groups -OCH3 is 1. The molecule has 1 aromatic rings. The van der Waals surface area contributed by atoms with E-state index in [2.05, 4.69) is 5.32 Å². The SMILES string of the molecule is COC(=O)[C@@H]1[C@@H](C)OCN1C(=O)c1cc(C2CC2)c(OCC2CCNCC2)cc1F. The molecule has 1 saturated carbocycles. The molecular formula is C22H29FN2O5. The number of carbonyl (C=O) groups excluding carboxylic acids is 2. The second-order valence-electron chi connectivity index (χ2n) is 8.39. The average molecular weight is 420 g/mol. The van der Waals surface area contributed by atoms with Crippen LogP contribution in [0.4, 0.5) is 4.39 Å². The highest BCUT2D eigenvalue weighted by Gasteiger charge is 2.42. The van der Waals surface area contributed by atoms with Crippen molar-refractivity contribution in [2.75, 3.05) is 33.5 Å². The summed E-state index contributed by atoms with van der Waals surface area (Å²) in [6.07, 6.45) is 3.56. The van der Waals surface area contributed by atoms with E-state index in [-0.39, 0.29) is 18.2 Å². The van der Waals surface area contributed by atoms with Crippen molar-refractivity contribution >= 4 is 11.9 Å². The van der Waals surface area contributed by atoms with Crippen molar-refractivity contribution in [1.82, 2.24) is 10.2 Å². The Morgan fingerprint density at radius 2 is 1.97 bits per heavy atom. The van der Waals surface area contributed by atoms with Crippen molar-refractivity contribution in [3.63, 3.8) is 0 Å². The van der Waals surface area contributed by atoms with Crippen molar-refractivity contribution in [2.45, 2.75) is 50.7 Å². The van der Waals surface area contributed by atoms with Crippen molar-refractivity contribution < 1.29 is 28.2 Å². The Bertz CT molecular complexity index is 807. The van der Waals surface area contributed by atoms with Gasteiger partial charge in [-0.05, 0) is 69.2 Å². The second kappa shape index (κ2) is 8.89. The normalized spacial score (nSPS) is 24.7. The molecule has 0 spiro atoms. The van der Waals surface area contributed by atoms with Crippen LogP contribution in [0.25, 0.3) is 0 Å². The number of benzene rings is 1. The van der Waals surface area contributed by atoms with Crippen LogP contribution in [0.15, 0.2) is 12.1 Å². The number of rotatable bonds is 6. The summed E-state index contributed by atoms with van der Waals surface area (Å²) < 4.78 is 31.3. The zero-order chi connectivity index (χ0) is 21.3. The fourth-order valence-corrected chi connectivity index (χ4v) is 4.23. The highest BCUT2D eigenvalue weighted by molar-refractivity contribution is 5.97. The Kier molecular flexibility index (Phi) is 6.24. The molecule has 1 amide bonds. The molecule has 1 aromatic carbocycles. The summed E-state index contributed by atoms with van der Waals surface area (Å²) in [7, 11) is 1.26. The molecular weight excluding hydrogens is 391 g/mol. The van der Waals surface area contributed by atoms with E-state index in [0.717, 1.165) is 44.3 Å². The van der Waals surface area contributed by atoms with Crippen LogP contribution >= 0.6 is 0 Å². The molecule has 164 valence electrons. The molecule has 3 aliphatic rings. The number of ether oxygens (including phenoxy) is 3. The van der Waals surface area contributed by atoms with E-state index < -0.39 is 29.8 Å². The number of esters is 1. The van der Waals surface area contributed by atoms with Crippen molar-refractivity contribution in [2.24, 2.45) is 5.92 Å². The molecule has 3 fully saturated rings. The van der Waals surface area contributed by atoms with Gasteiger partial charge in [0.25, 0.3) is 5.91 Å². The highest BCUT2D eigenvalue weighted by Crippen LogP contribution is 2.45. The third kappa shape index (κ3) is 4.30. The van der Waals surface area contributed by atoms with Crippen molar-refractivity contribution in [3.8, 4) is 5.75 Å². The maximum Gasteiger partial charge on any atom is 0.331 e. The van der Waals surface area contributed by atoms with Gasteiger partial charge in [0.2, 0.25) is 0 Å². The van der Waals surface area contributed by atoms with E-state index in [1.165, 1.54) is 18.1 Å². The highest BCUT2D eigenvalue weighted by atomic mass is 19.1. The zero-order valence-corrected chi connectivity index (χ0v) is 17.5. The summed E-state index contributed by atoms with van der Waals surface area (Å²) >= 11 is 0. The van der Waals surface area contributed by atoms with Crippen molar-refractivity contribution in [1.29, 1.82) is 0 Å². The number of hydrogen-bond donors (Lipinski definition) is 1. The van der Waals surface area contributed by atoms with Gasteiger partial charge in [0, 0.05) is 6.07 Å². The zero-order valence-electron chi connectivity index (χ0n) is 17.5. The summed E-state index contributed by atoms with van der Waals surface area (Å²) in [4.78, 5) is 26.5. The number of nitrogens with zero attached hydrogens (tertiary/aromatic N) is 1. The Hall–Kier alpha value is -2.19. The molecule has 2 heterocycles. The van der Waals surface area contributed by atoms with Crippen LogP contribution in [0.3, 0.4) is 0 Å². The molecule has 2 saturated heterocycles. The average Bonchev–Trinajstić information content (AvgIpc) is 3.53. The largest absolute Gasteiger partial charge is 0.493 e. The summed E-state index contributed by atoms with van der Waals surface area (Å²) in [5, 5.41) is 3.33. The van der Waals surface area contributed by atoms with E-state index in [0.29, 0.717) is 18.3 Å². The first-order valence-electron chi connectivity index (χ1n) is 10.7. The minimum absolute atomic E-state index is 0.0577. The fraction of sp³-hybridized carbons (Fsp3) is 0.636. The van der Waals surface area contributed by atoms with Crippen LogP contribution in [-0.4, -0.2) is 62.5 Å². The number of amides is 1. The topological polar surface area (TPSA) is 77.1 Å². The maximum atomic E-state index is 15.0. The lowest BCUT2D eigenvalue weighted by atomic mass is 9.99. The van der Waals surface area contributed by atoms with Crippen LogP contribution in [0.5, 0.6) is 5.75 Å². The smallest absolute Gasteiger partial charge is 0.331 e. The van der Waals surface area contributed by atoms with Crippen LogP contribution in [0, 0.1) is 11.7 Å². The van der Waals surface area contributed by atoms with Crippen LogP contribution < -0.4 is 10.1 Å². The van der Waals surface area contributed by atoms with Gasteiger partial charge in [-0.3, -0.25) is 9.69 Å². The third-order valence-electron chi connectivity index (χ3n) is 6.24. The predicted molar refractivity (Wildman–Crippen MR) is 107 cm³/mol. The standard InChI is InChI=1S/C22H29FN2O5/c1-13-20(22(27)28-2)25(12-30-13)21(26)17-9-16(15-3-4-15)19(10-18(17)23)29-11-14-5-7-24-8-6-14/h9-10,13-15,20,24H,3-8,11-12H2,1-2H3/t13-,20+/m1/s1. The quantitative estimate of drug-likeness (QED) is 0.713. The molecule has 2 atom stereocenters. The molecule has 2 aliphatic heterocycles. The van der Waals surface area contributed by atoms with Gasteiger partial charge in [-0.1, -0.05) is 0 Å². The molecule has 30 heavy (non-hydrogen) atoms. The van der Waals surface area contributed by atoms with Crippen molar-refractivity contribution in [3.05, 3.63) is 29.1 Å². The van der Waals surface area contributed by atoms with Gasteiger partial charge in [0.15, 0.2) is 6.04 Å². The van der Waals surface area contributed by atoms with E-state index >= 15 is 0 Å². The lowest BCUT2D eigenvalue weighted by Gasteiger charge is -2.24. The molecule has 8 heteroatoms. The molecule has 4 rings (SSSR count).